The van der Waals surface area contributed by atoms with Crippen LogP contribution in [0.2, 0.25) is 0 Å². The van der Waals surface area contributed by atoms with Crippen LogP contribution in [0.5, 0.6) is 0 Å². The smallest absolute Gasteiger partial charge is 0.410 e. The monoisotopic (exact) mass is 424 g/mol. The number of thiophene rings is 1. The molecule has 1 saturated heterocycles. The lowest BCUT2D eigenvalue weighted by Gasteiger charge is -2.34. The molecule has 1 fully saturated rings. The number of amides is 1. The quantitative estimate of drug-likeness (QED) is 0.807. The number of hydrogen-bond donors (Lipinski definition) is 1. The molecule has 1 atom stereocenters. The minimum absolute atomic E-state index is 0.263. The molecule has 1 aromatic heterocycles. The Morgan fingerprint density at radius 1 is 1.43 bits per heavy atom. The van der Waals surface area contributed by atoms with Crippen LogP contribution in [-0.4, -0.2) is 44.1 Å². The molecule has 1 aromatic rings. The molecule has 0 radical (unpaired) electrons. The number of likely N-dealkylation sites (tertiary alicyclic amines) is 1. The minimum Gasteiger partial charge on any atom is -0.444 e. The predicted octanol–water partition coefficient (Wildman–Crippen LogP) is 3.19. The van der Waals surface area contributed by atoms with Gasteiger partial charge in [-0.05, 0) is 61.7 Å². The fourth-order valence-electron chi connectivity index (χ4n) is 2.29. The highest BCUT2D eigenvalue weighted by atomic mass is 79.9. The first-order valence-corrected chi connectivity index (χ1v) is 10.4. The zero-order chi connectivity index (χ0) is 17.3. The number of carbonyl (C=O) groups is 1. The molecule has 130 valence electrons. The van der Waals surface area contributed by atoms with Crippen molar-refractivity contribution < 1.29 is 17.9 Å². The summed E-state index contributed by atoms with van der Waals surface area (Å²) in [7, 11) is -3.56. The lowest BCUT2D eigenvalue weighted by atomic mass is 10.1. The molecule has 0 spiro atoms. The molecule has 0 aliphatic carbocycles. The van der Waals surface area contributed by atoms with Crippen molar-refractivity contribution in [1.29, 1.82) is 0 Å². The van der Waals surface area contributed by atoms with Crippen LogP contribution < -0.4 is 4.72 Å². The summed E-state index contributed by atoms with van der Waals surface area (Å²) in [5, 5.41) is 0. The van der Waals surface area contributed by atoms with E-state index in [4.69, 9.17) is 4.74 Å². The van der Waals surface area contributed by atoms with Gasteiger partial charge in [0.2, 0.25) is 10.0 Å². The maximum Gasteiger partial charge on any atom is 0.410 e. The summed E-state index contributed by atoms with van der Waals surface area (Å²) in [5.74, 6) is 0. The van der Waals surface area contributed by atoms with Crippen LogP contribution >= 0.6 is 27.3 Å². The van der Waals surface area contributed by atoms with Gasteiger partial charge in [-0.15, -0.1) is 11.3 Å². The van der Waals surface area contributed by atoms with Crippen LogP contribution in [-0.2, 0) is 14.8 Å². The second-order valence-corrected chi connectivity index (χ2v) is 10.8. The van der Waals surface area contributed by atoms with Gasteiger partial charge in [0, 0.05) is 19.1 Å². The molecule has 23 heavy (non-hydrogen) atoms. The molecule has 1 N–H and O–H groups in total. The van der Waals surface area contributed by atoms with Crippen molar-refractivity contribution in [2.45, 2.75) is 49.5 Å². The van der Waals surface area contributed by atoms with Gasteiger partial charge in [0.15, 0.2) is 0 Å². The highest BCUT2D eigenvalue weighted by molar-refractivity contribution is 9.11. The minimum atomic E-state index is -3.56. The summed E-state index contributed by atoms with van der Waals surface area (Å²) in [5.41, 5.74) is -0.563. The van der Waals surface area contributed by atoms with Crippen molar-refractivity contribution >= 4 is 43.4 Å². The zero-order valence-electron chi connectivity index (χ0n) is 13.3. The molecule has 2 rings (SSSR count). The average Bonchev–Trinajstić information content (AvgIpc) is 2.84. The SMILES string of the molecule is CC(C)(C)OC(=O)N1CCC[C@H](NS(=O)(=O)c2ccc(Br)s2)C1. The van der Waals surface area contributed by atoms with Gasteiger partial charge in [-0.3, -0.25) is 0 Å². The van der Waals surface area contributed by atoms with Crippen molar-refractivity contribution in [2.24, 2.45) is 0 Å². The van der Waals surface area contributed by atoms with Crippen LogP contribution in [0.25, 0.3) is 0 Å². The molecule has 1 aliphatic heterocycles. The van der Waals surface area contributed by atoms with Gasteiger partial charge < -0.3 is 9.64 Å². The third-order valence-electron chi connectivity index (χ3n) is 3.21. The molecule has 1 amide bonds. The number of ether oxygens (including phenoxy) is 1. The van der Waals surface area contributed by atoms with Gasteiger partial charge in [0.05, 0.1) is 3.79 Å². The predicted molar refractivity (Wildman–Crippen MR) is 93.2 cm³/mol. The number of sulfonamides is 1. The summed E-state index contributed by atoms with van der Waals surface area (Å²) >= 11 is 4.42. The van der Waals surface area contributed by atoms with Crippen molar-refractivity contribution in [1.82, 2.24) is 9.62 Å². The Labute approximate surface area is 149 Å². The van der Waals surface area contributed by atoms with Crippen molar-refractivity contribution in [3.63, 3.8) is 0 Å². The van der Waals surface area contributed by atoms with Crippen LogP contribution in [0.1, 0.15) is 33.6 Å². The Balaban J connectivity index is 2.00. The maximum absolute atomic E-state index is 12.4. The third kappa shape index (κ3) is 5.44. The Morgan fingerprint density at radius 2 is 2.13 bits per heavy atom. The first kappa shape index (κ1) is 18.7. The summed E-state index contributed by atoms with van der Waals surface area (Å²) in [6.07, 6.45) is 1.03. The molecule has 0 unspecified atom stereocenters. The zero-order valence-corrected chi connectivity index (χ0v) is 16.6. The van der Waals surface area contributed by atoms with E-state index in [9.17, 15) is 13.2 Å². The fourth-order valence-corrected chi connectivity index (χ4v) is 5.57. The second kappa shape index (κ2) is 7.08. The highest BCUT2D eigenvalue weighted by Gasteiger charge is 2.30. The number of nitrogens with one attached hydrogen (secondary N) is 1. The number of rotatable bonds is 3. The largest absolute Gasteiger partial charge is 0.444 e. The summed E-state index contributed by atoms with van der Waals surface area (Å²) in [6.45, 7) is 6.33. The number of carbonyl (C=O) groups excluding carboxylic acids is 1. The number of piperidine rings is 1. The Bertz CT molecular complexity index is 667. The lowest BCUT2D eigenvalue weighted by molar-refractivity contribution is 0.0195. The summed E-state index contributed by atoms with van der Waals surface area (Å²) < 4.78 is 33.8. The number of halogens is 1. The topological polar surface area (TPSA) is 75.7 Å². The standard InChI is InChI=1S/C14H21BrN2O4S2/c1-14(2,3)21-13(18)17-8-4-5-10(9-17)16-23(19,20)12-7-6-11(15)22-12/h6-7,10,16H,4-5,8-9H2,1-3H3/t10-/m0/s1. The molecule has 0 bridgehead atoms. The molecule has 9 heteroatoms. The van der Waals surface area contributed by atoms with Crippen LogP contribution in [0.3, 0.4) is 0 Å². The van der Waals surface area contributed by atoms with E-state index >= 15 is 0 Å². The van der Waals surface area contributed by atoms with E-state index in [0.29, 0.717) is 19.5 Å². The Hall–Kier alpha value is -0.640. The normalized spacial score (nSPS) is 19.7. The number of hydrogen-bond acceptors (Lipinski definition) is 5. The molecular weight excluding hydrogens is 404 g/mol. The van der Waals surface area contributed by atoms with E-state index < -0.39 is 21.7 Å². The van der Waals surface area contributed by atoms with Gasteiger partial charge in [-0.2, -0.15) is 0 Å². The average molecular weight is 425 g/mol. The summed E-state index contributed by atoms with van der Waals surface area (Å²) in [6, 6.07) is 2.96. The second-order valence-electron chi connectivity index (χ2n) is 6.45. The Kier molecular flexibility index (Phi) is 5.76. The van der Waals surface area contributed by atoms with Crippen LogP contribution in [0.15, 0.2) is 20.1 Å². The Morgan fingerprint density at radius 3 is 2.70 bits per heavy atom. The molecule has 6 nitrogen and oxygen atoms in total. The van der Waals surface area contributed by atoms with Crippen molar-refractivity contribution in [3.8, 4) is 0 Å². The first-order valence-electron chi connectivity index (χ1n) is 7.32. The van der Waals surface area contributed by atoms with Gasteiger partial charge >= 0.3 is 6.09 Å². The fraction of sp³-hybridized carbons (Fsp3) is 0.643. The van der Waals surface area contributed by atoms with Gasteiger partial charge in [-0.1, -0.05) is 0 Å². The van der Waals surface area contributed by atoms with E-state index in [0.717, 1.165) is 21.5 Å². The third-order valence-corrected chi connectivity index (χ3v) is 6.84. The molecule has 0 aromatic carbocycles. The highest BCUT2D eigenvalue weighted by Crippen LogP contribution is 2.26. The molecule has 2 heterocycles. The summed E-state index contributed by atoms with van der Waals surface area (Å²) in [4.78, 5) is 13.7. The van der Waals surface area contributed by atoms with Gasteiger partial charge in [0.1, 0.15) is 9.81 Å². The van der Waals surface area contributed by atoms with E-state index in [1.807, 2.05) is 20.8 Å². The van der Waals surface area contributed by atoms with Gasteiger partial charge in [0.25, 0.3) is 0 Å². The first-order chi connectivity index (χ1) is 10.6. The molecule has 1 aliphatic rings. The van der Waals surface area contributed by atoms with Crippen molar-refractivity contribution in [3.05, 3.63) is 15.9 Å². The number of nitrogens with zero attached hydrogens (tertiary/aromatic N) is 1. The molecular formula is C14H21BrN2O4S2. The van der Waals surface area contributed by atoms with E-state index in [2.05, 4.69) is 20.7 Å². The van der Waals surface area contributed by atoms with E-state index in [-0.39, 0.29) is 10.3 Å². The van der Waals surface area contributed by atoms with Gasteiger partial charge in [-0.25, -0.2) is 17.9 Å². The van der Waals surface area contributed by atoms with E-state index in [1.165, 1.54) is 0 Å². The molecule has 0 saturated carbocycles. The van der Waals surface area contributed by atoms with Crippen LogP contribution in [0.4, 0.5) is 4.79 Å². The lowest BCUT2D eigenvalue weighted by Crippen LogP contribution is -2.50. The van der Waals surface area contributed by atoms with E-state index in [1.54, 1.807) is 17.0 Å². The van der Waals surface area contributed by atoms with Crippen molar-refractivity contribution in [2.75, 3.05) is 13.1 Å². The maximum atomic E-state index is 12.4. The van der Waals surface area contributed by atoms with Crippen LogP contribution in [0, 0.1) is 0 Å².